The Morgan fingerprint density at radius 3 is 2.31 bits per heavy atom. The van der Waals surface area contributed by atoms with Gasteiger partial charge in [0.15, 0.2) is 0 Å². The van der Waals surface area contributed by atoms with Crippen molar-refractivity contribution in [3.05, 3.63) is 77.9 Å². The molecule has 0 aliphatic carbocycles. The second-order valence-corrected chi connectivity index (χ2v) is 9.03. The summed E-state index contributed by atoms with van der Waals surface area (Å²) < 4.78 is 11.0. The monoisotopic (exact) mass is 488 g/mol. The summed E-state index contributed by atoms with van der Waals surface area (Å²) in [6, 6.07) is 19.8. The molecule has 3 aromatic carbocycles. The van der Waals surface area contributed by atoms with Crippen molar-refractivity contribution >= 4 is 17.6 Å². The molecule has 0 unspecified atom stereocenters. The highest BCUT2D eigenvalue weighted by Crippen LogP contribution is 2.38. The zero-order chi connectivity index (χ0) is 25.7. The molecule has 0 saturated carbocycles. The Bertz CT molecular complexity index is 1200. The molecule has 1 fully saturated rings. The molecule has 36 heavy (non-hydrogen) atoms. The fraction of sp³-hybridized carbons (Fsp3) is 0.310. The molecule has 1 saturated heterocycles. The number of anilines is 1. The second kappa shape index (κ2) is 11.2. The van der Waals surface area contributed by atoms with Gasteiger partial charge >= 0.3 is 5.97 Å². The summed E-state index contributed by atoms with van der Waals surface area (Å²) >= 11 is 0. The van der Waals surface area contributed by atoms with Crippen LogP contribution in [0.15, 0.2) is 66.7 Å². The Morgan fingerprint density at radius 1 is 1.03 bits per heavy atom. The lowest BCUT2D eigenvalue weighted by molar-refractivity contribution is -0.141. The molecule has 7 nitrogen and oxygen atoms in total. The SMILES string of the molecule is COc1cccc(OC)c1-c1ccc(C[C@H](NC(=O)[C@@H]2CCCN2c2cccc(C)c2)C(=O)O)cc1. The first-order chi connectivity index (χ1) is 17.4. The minimum absolute atomic E-state index is 0.182. The fourth-order valence-corrected chi connectivity index (χ4v) is 4.80. The first kappa shape index (κ1) is 25.1. The van der Waals surface area contributed by atoms with Crippen molar-refractivity contribution in [2.45, 2.75) is 38.3 Å². The van der Waals surface area contributed by atoms with Gasteiger partial charge in [-0.3, -0.25) is 4.79 Å². The molecular formula is C29H32N2O5. The first-order valence-electron chi connectivity index (χ1n) is 12.1. The van der Waals surface area contributed by atoms with Crippen LogP contribution in [0.5, 0.6) is 11.5 Å². The van der Waals surface area contributed by atoms with Crippen molar-refractivity contribution in [1.29, 1.82) is 0 Å². The largest absolute Gasteiger partial charge is 0.496 e. The summed E-state index contributed by atoms with van der Waals surface area (Å²) in [5.41, 5.74) is 4.64. The molecular weight excluding hydrogens is 456 g/mol. The molecule has 1 heterocycles. The summed E-state index contributed by atoms with van der Waals surface area (Å²) in [4.78, 5) is 27.3. The number of methoxy groups -OCH3 is 2. The van der Waals surface area contributed by atoms with Gasteiger partial charge in [-0.05, 0) is 60.7 Å². The van der Waals surface area contributed by atoms with Crippen LogP contribution in [0, 0.1) is 6.92 Å². The van der Waals surface area contributed by atoms with Gasteiger partial charge in [-0.1, -0.05) is 42.5 Å². The number of carboxylic acid groups (broad SMARTS) is 1. The van der Waals surface area contributed by atoms with E-state index in [2.05, 4.69) is 16.3 Å². The molecule has 0 radical (unpaired) electrons. The van der Waals surface area contributed by atoms with E-state index < -0.39 is 12.0 Å². The molecule has 0 bridgehead atoms. The minimum Gasteiger partial charge on any atom is -0.496 e. The molecule has 0 aromatic heterocycles. The number of ether oxygens (including phenoxy) is 2. The van der Waals surface area contributed by atoms with Gasteiger partial charge in [-0.25, -0.2) is 4.79 Å². The molecule has 0 spiro atoms. The van der Waals surface area contributed by atoms with Gasteiger partial charge in [0.2, 0.25) is 5.91 Å². The van der Waals surface area contributed by atoms with Gasteiger partial charge in [0, 0.05) is 18.7 Å². The van der Waals surface area contributed by atoms with Gasteiger partial charge in [0.1, 0.15) is 23.6 Å². The molecule has 188 valence electrons. The molecule has 7 heteroatoms. The summed E-state index contributed by atoms with van der Waals surface area (Å²) in [7, 11) is 3.22. The van der Waals surface area contributed by atoms with Gasteiger partial charge in [-0.2, -0.15) is 0 Å². The van der Waals surface area contributed by atoms with Crippen LogP contribution in [-0.4, -0.2) is 49.8 Å². The summed E-state index contributed by atoms with van der Waals surface area (Å²) in [5, 5.41) is 12.6. The highest BCUT2D eigenvalue weighted by atomic mass is 16.5. The molecule has 4 rings (SSSR count). The fourth-order valence-electron chi connectivity index (χ4n) is 4.80. The van der Waals surface area contributed by atoms with Gasteiger partial charge in [0.25, 0.3) is 0 Å². The van der Waals surface area contributed by atoms with Gasteiger partial charge < -0.3 is 24.8 Å². The van der Waals surface area contributed by atoms with Crippen LogP contribution in [0.1, 0.15) is 24.0 Å². The van der Waals surface area contributed by atoms with Crippen LogP contribution in [0.3, 0.4) is 0 Å². The molecule has 1 aliphatic heterocycles. The highest BCUT2D eigenvalue weighted by molar-refractivity contribution is 5.90. The normalized spacial score (nSPS) is 15.9. The van der Waals surface area contributed by atoms with Gasteiger partial charge in [0.05, 0.1) is 19.8 Å². The van der Waals surface area contributed by atoms with E-state index in [1.807, 2.05) is 67.6 Å². The number of nitrogens with one attached hydrogen (secondary N) is 1. The lowest BCUT2D eigenvalue weighted by atomic mass is 9.99. The quantitative estimate of drug-likeness (QED) is 0.462. The number of hydrogen-bond donors (Lipinski definition) is 2. The summed E-state index contributed by atoms with van der Waals surface area (Å²) in [6.07, 6.45) is 1.76. The highest BCUT2D eigenvalue weighted by Gasteiger charge is 2.33. The lowest BCUT2D eigenvalue weighted by Crippen LogP contribution is -2.50. The van der Waals surface area contributed by atoms with E-state index in [0.717, 1.165) is 40.9 Å². The van der Waals surface area contributed by atoms with E-state index in [9.17, 15) is 14.7 Å². The Labute approximate surface area is 211 Å². The average Bonchev–Trinajstić information content (AvgIpc) is 3.38. The number of amides is 1. The van der Waals surface area contributed by atoms with Crippen LogP contribution >= 0.6 is 0 Å². The second-order valence-electron chi connectivity index (χ2n) is 9.03. The predicted octanol–water partition coefficient (Wildman–Crippen LogP) is 4.46. The van der Waals surface area contributed by atoms with E-state index in [0.29, 0.717) is 17.9 Å². The zero-order valence-electron chi connectivity index (χ0n) is 20.9. The third-order valence-electron chi connectivity index (χ3n) is 6.61. The van der Waals surface area contributed by atoms with Crippen molar-refractivity contribution in [2.24, 2.45) is 0 Å². The van der Waals surface area contributed by atoms with E-state index in [4.69, 9.17) is 9.47 Å². The number of carbonyl (C=O) groups is 2. The van der Waals surface area contributed by atoms with Gasteiger partial charge in [-0.15, -0.1) is 0 Å². The molecule has 3 aromatic rings. The maximum atomic E-state index is 13.2. The molecule has 2 atom stereocenters. The van der Waals surface area contributed by atoms with Crippen LogP contribution in [0.2, 0.25) is 0 Å². The summed E-state index contributed by atoms with van der Waals surface area (Å²) in [6.45, 7) is 2.79. The molecule has 2 N–H and O–H groups in total. The Kier molecular flexibility index (Phi) is 7.78. The van der Waals surface area contributed by atoms with E-state index in [1.54, 1.807) is 14.2 Å². The number of benzene rings is 3. The Morgan fingerprint density at radius 2 is 1.69 bits per heavy atom. The number of nitrogens with zero attached hydrogens (tertiary/aromatic N) is 1. The smallest absolute Gasteiger partial charge is 0.326 e. The molecule has 1 amide bonds. The zero-order valence-corrected chi connectivity index (χ0v) is 20.9. The number of rotatable bonds is 9. The number of aliphatic carboxylic acids is 1. The number of aryl methyl sites for hydroxylation is 1. The van der Waals surface area contributed by atoms with Crippen molar-refractivity contribution in [1.82, 2.24) is 5.32 Å². The number of carboxylic acids is 1. The third-order valence-corrected chi connectivity index (χ3v) is 6.61. The standard InChI is InChI=1S/C29H32N2O5/c1-19-7-4-8-22(17-19)31-16-6-9-24(31)28(32)30-23(29(33)34)18-20-12-14-21(15-13-20)27-25(35-2)10-5-11-26(27)36-3/h4-5,7-8,10-15,17,23-24H,6,9,16,18H2,1-3H3,(H,30,32)(H,33,34)/t23-,24-/m0/s1. The predicted molar refractivity (Wildman–Crippen MR) is 140 cm³/mol. The lowest BCUT2D eigenvalue weighted by Gasteiger charge is -2.27. The first-order valence-corrected chi connectivity index (χ1v) is 12.1. The number of hydrogen-bond acceptors (Lipinski definition) is 5. The Hall–Kier alpha value is -4.00. The topological polar surface area (TPSA) is 88.1 Å². The third kappa shape index (κ3) is 5.46. The minimum atomic E-state index is -1.06. The van der Waals surface area contributed by atoms with E-state index >= 15 is 0 Å². The molecule has 1 aliphatic rings. The van der Waals surface area contributed by atoms with Crippen molar-refractivity contribution in [3.63, 3.8) is 0 Å². The Balaban J connectivity index is 1.48. The van der Waals surface area contributed by atoms with Crippen LogP contribution < -0.4 is 19.7 Å². The van der Waals surface area contributed by atoms with Crippen LogP contribution in [0.25, 0.3) is 11.1 Å². The van der Waals surface area contributed by atoms with E-state index in [-0.39, 0.29) is 18.4 Å². The van der Waals surface area contributed by atoms with Crippen molar-refractivity contribution in [2.75, 3.05) is 25.7 Å². The van der Waals surface area contributed by atoms with E-state index in [1.165, 1.54) is 0 Å². The maximum Gasteiger partial charge on any atom is 0.326 e. The average molecular weight is 489 g/mol. The number of carbonyl (C=O) groups excluding carboxylic acids is 1. The van der Waals surface area contributed by atoms with Crippen molar-refractivity contribution < 1.29 is 24.2 Å². The van der Waals surface area contributed by atoms with Crippen LogP contribution in [-0.2, 0) is 16.0 Å². The maximum absolute atomic E-state index is 13.2. The van der Waals surface area contributed by atoms with Crippen molar-refractivity contribution in [3.8, 4) is 22.6 Å². The van der Waals surface area contributed by atoms with Crippen LogP contribution in [0.4, 0.5) is 5.69 Å². The summed E-state index contributed by atoms with van der Waals surface area (Å²) in [5.74, 6) is 0.0655.